The van der Waals surface area contributed by atoms with Crippen LogP contribution < -0.4 is 10.2 Å². The van der Waals surface area contributed by atoms with E-state index in [1.54, 1.807) is 29.4 Å². The molecule has 5 aromatic rings. The molecule has 0 unspecified atom stereocenters. The van der Waals surface area contributed by atoms with Crippen molar-refractivity contribution in [1.29, 1.82) is 0 Å². The van der Waals surface area contributed by atoms with E-state index in [-0.39, 0.29) is 0 Å². The van der Waals surface area contributed by atoms with Gasteiger partial charge in [-0.15, -0.1) is 0 Å². The predicted molar refractivity (Wildman–Crippen MR) is 108 cm³/mol. The summed E-state index contributed by atoms with van der Waals surface area (Å²) in [5.41, 5.74) is 4.74. The van der Waals surface area contributed by atoms with Crippen LogP contribution >= 0.6 is 0 Å². The molecule has 0 saturated carbocycles. The van der Waals surface area contributed by atoms with E-state index in [1.165, 1.54) is 0 Å². The van der Waals surface area contributed by atoms with Crippen molar-refractivity contribution in [1.82, 2.24) is 24.6 Å². The van der Waals surface area contributed by atoms with Crippen LogP contribution in [-0.2, 0) is 0 Å². The molecule has 0 atom stereocenters. The second kappa shape index (κ2) is 5.91. The number of fused-ring (bicyclic) bond motifs is 5. The van der Waals surface area contributed by atoms with Crippen LogP contribution in [0.15, 0.2) is 61.3 Å². The summed E-state index contributed by atoms with van der Waals surface area (Å²) in [4.78, 5) is 15.3. The molecular formula is C20H17N7. The molecule has 1 aromatic carbocycles. The third-order valence-electron chi connectivity index (χ3n) is 4.61. The maximum absolute atomic E-state index is 4.82. The van der Waals surface area contributed by atoms with Gasteiger partial charge in [0, 0.05) is 43.3 Å². The Morgan fingerprint density at radius 1 is 0.963 bits per heavy atom. The molecule has 0 fully saturated rings. The molecule has 0 radical (unpaired) electrons. The van der Waals surface area contributed by atoms with Gasteiger partial charge >= 0.3 is 0 Å². The van der Waals surface area contributed by atoms with Gasteiger partial charge in [0.2, 0.25) is 0 Å². The summed E-state index contributed by atoms with van der Waals surface area (Å²) in [5, 5.41) is 10.1. The van der Waals surface area contributed by atoms with Gasteiger partial charge in [0.05, 0.1) is 22.6 Å². The highest BCUT2D eigenvalue weighted by molar-refractivity contribution is 6.14. The number of anilines is 3. The van der Waals surface area contributed by atoms with Crippen LogP contribution in [0.3, 0.4) is 0 Å². The van der Waals surface area contributed by atoms with E-state index in [1.807, 2.05) is 38.4 Å². The smallest absolute Gasteiger partial charge is 0.142 e. The van der Waals surface area contributed by atoms with E-state index in [9.17, 15) is 0 Å². The SMILES string of the molecule is CN(C)c1ccc(Nc2nc3cnccc3c3nn4cnccc4c23)cc1. The van der Waals surface area contributed by atoms with Crippen LogP contribution in [0.5, 0.6) is 0 Å². The Balaban J connectivity index is 1.74. The molecule has 1 N–H and O–H groups in total. The number of rotatable bonds is 3. The highest BCUT2D eigenvalue weighted by Crippen LogP contribution is 2.33. The first kappa shape index (κ1) is 15.5. The van der Waals surface area contributed by atoms with Gasteiger partial charge in [-0.3, -0.25) is 4.98 Å². The Kier molecular flexibility index (Phi) is 3.39. The summed E-state index contributed by atoms with van der Waals surface area (Å²) < 4.78 is 1.78. The summed E-state index contributed by atoms with van der Waals surface area (Å²) >= 11 is 0. The summed E-state index contributed by atoms with van der Waals surface area (Å²) in [6.45, 7) is 0. The summed E-state index contributed by atoms with van der Waals surface area (Å²) in [6.07, 6.45) is 7.00. The molecule has 0 amide bonds. The molecule has 0 aliphatic carbocycles. The van der Waals surface area contributed by atoms with Crippen LogP contribution in [0.2, 0.25) is 0 Å². The fourth-order valence-electron chi connectivity index (χ4n) is 3.25. The lowest BCUT2D eigenvalue weighted by atomic mass is 10.1. The van der Waals surface area contributed by atoms with Crippen molar-refractivity contribution in [2.24, 2.45) is 0 Å². The number of nitrogens with zero attached hydrogens (tertiary/aromatic N) is 6. The first-order valence-electron chi connectivity index (χ1n) is 8.61. The largest absolute Gasteiger partial charge is 0.378 e. The Morgan fingerprint density at radius 3 is 2.59 bits per heavy atom. The van der Waals surface area contributed by atoms with E-state index in [2.05, 4.69) is 32.3 Å². The van der Waals surface area contributed by atoms with Gasteiger partial charge in [-0.25, -0.2) is 14.5 Å². The quantitative estimate of drug-likeness (QED) is 0.533. The maximum Gasteiger partial charge on any atom is 0.142 e. The van der Waals surface area contributed by atoms with Gasteiger partial charge in [-0.1, -0.05) is 0 Å². The molecule has 0 aliphatic rings. The van der Waals surface area contributed by atoms with Crippen LogP contribution in [0, 0.1) is 0 Å². The average molecular weight is 355 g/mol. The first-order chi connectivity index (χ1) is 13.2. The van der Waals surface area contributed by atoms with Gasteiger partial charge in [0.25, 0.3) is 0 Å². The van der Waals surface area contributed by atoms with E-state index < -0.39 is 0 Å². The van der Waals surface area contributed by atoms with Crippen molar-refractivity contribution < 1.29 is 0 Å². The lowest BCUT2D eigenvalue weighted by Gasteiger charge is -2.13. The van der Waals surface area contributed by atoms with Crippen molar-refractivity contribution in [3.63, 3.8) is 0 Å². The zero-order chi connectivity index (χ0) is 18.4. The highest BCUT2D eigenvalue weighted by Gasteiger charge is 2.15. The Hall–Kier alpha value is -3.74. The molecule has 4 aromatic heterocycles. The van der Waals surface area contributed by atoms with Crippen molar-refractivity contribution in [3.05, 3.63) is 61.3 Å². The number of benzene rings is 1. The van der Waals surface area contributed by atoms with Gasteiger partial charge in [0.15, 0.2) is 0 Å². The molecule has 132 valence electrons. The first-order valence-corrected chi connectivity index (χ1v) is 8.61. The molecule has 0 aliphatic heterocycles. The third kappa shape index (κ3) is 2.52. The third-order valence-corrected chi connectivity index (χ3v) is 4.61. The van der Waals surface area contributed by atoms with Gasteiger partial charge in [-0.05, 0) is 36.4 Å². The zero-order valence-electron chi connectivity index (χ0n) is 15.0. The van der Waals surface area contributed by atoms with Crippen LogP contribution in [0.1, 0.15) is 0 Å². The van der Waals surface area contributed by atoms with Crippen LogP contribution in [-0.4, -0.2) is 38.7 Å². The molecule has 0 spiro atoms. The number of pyridine rings is 2. The standard InChI is InChI=1S/C20H17N7/c1-26(2)14-5-3-13(4-6-14)23-20-18-17-8-10-22-12-27(17)25-19(18)15-7-9-21-11-16(15)24-20/h3-12H,1-2H3,(H,23,24). The Bertz CT molecular complexity index is 1270. The lowest BCUT2D eigenvalue weighted by Crippen LogP contribution is -2.08. The van der Waals surface area contributed by atoms with Gasteiger partial charge < -0.3 is 10.2 Å². The summed E-state index contributed by atoms with van der Waals surface area (Å²) in [6, 6.07) is 12.1. The van der Waals surface area contributed by atoms with Crippen LogP contribution in [0.4, 0.5) is 17.2 Å². The number of hydrogen-bond donors (Lipinski definition) is 1. The van der Waals surface area contributed by atoms with E-state index in [4.69, 9.17) is 10.1 Å². The summed E-state index contributed by atoms with van der Waals surface area (Å²) in [5.74, 6) is 0.754. The fraction of sp³-hybridized carbons (Fsp3) is 0.100. The van der Waals surface area contributed by atoms with E-state index in [0.29, 0.717) is 0 Å². The molecule has 7 heteroatoms. The van der Waals surface area contributed by atoms with Crippen LogP contribution in [0.25, 0.3) is 27.3 Å². The molecular weight excluding hydrogens is 338 g/mol. The fourth-order valence-corrected chi connectivity index (χ4v) is 3.25. The highest BCUT2D eigenvalue weighted by atomic mass is 15.2. The van der Waals surface area contributed by atoms with Crippen molar-refractivity contribution in [2.45, 2.75) is 0 Å². The number of nitrogens with one attached hydrogen (secondary N) is 1. The molecule has 0 saturated heterocycles. The van der Waals surface area contributed by atoms with Crippen molar-refractivity contribution in [2.75, 3.05) is 24.3 Å². The zero-order valence-corrected chi connectivity index (χ0v) is 15.0. The lowest BCUT2D eigenvalue weighted by molar-refractivity contribution is 0.939. The maximum atomic E-state index is 4.82. The second-order valence-corrected chi connectivity index (χ2v) is 6.55. The minimum absolute atomic E-state index is 0.754. The monoisotopic (exact) mass is 355 g/mol. The van der Waals surface area contributed by atoms with E-state index in [0.717, 1.165) is 44.5 Å². The van der Waals surface area contributed by atoms with Crippen molar-refractivity contribution >= 4 is 44.5 Å². The molecule has 27 heavy (non-hydrogen) atoms. The molecule has 0 bridgehead atoms. The number of hydrogen-bond acceptors (Lipinski definition) is 6. The molecule has 5 rings (SSSR count). The average Bonchev–Trinajstić information content (AvgIpc) is 3.09. The minimum atomic E-state index is 0.754. The van der Waals surface area contributed by atoms with E-state index >= 15 is 0 Å². The predicted octanol–water partition coefficient (Wildman–Crippen LogP) is 3.64. The second-order valence-electron chi connectivity index (χ2n) is 6.55. The Morgan fingerprint density at radius 2 is 1.78 bits per heavy atom. The normalized spacial score (nSPS) is 11.3. The summed E-state index contributed by atoms with van der Waals surface area (Å²) in [7, 11) is 4.05. The van der Waals surface area contributed by atoms with Gasteiger partial charge in [0.1, 0.15) is 17.7 Å². The topological polar surface area (TPSA) is 71.2 Å². The minimum Gasteiger partial charge on any atom is -0.378 e. The van der Waals surface area contributed by atoms with Crippen molar-refractivity contribution in [3.8, 4) is 0 Å². The Labute approximate surface area is 155 Å². The molecule has 4 heterocycles. The molecule has 7 nitrogen and oxygen atoms in total. The van der Waals surface area contributed by atoms with Gasteiger partial charge in [-0.2, -0.15) is 5.10 Å². The number of aromatic nitrogens is 5.